The van der Waals surface area contributed by atoms with E-state index in [0.717, 1.165) is 0 Å². The van der Waals surface area contributed by atoms with Gasteiger partial charge in [0, 0.05) is 35.3 Å². The molecule has 132 valence electrons. The first-order valence-electron chi connectivity index (χ1n) is 8.05. The summed E-state index contributed by atoms with van der Waals surface area (Å²) in [7, 11) is 0. The van der Waals surface area contributed by atoms with Gasteiger partial charge in [-0.2, -0.15) is 0 Å². The predicted octanol–water partition coefficient (Wildman–Crippen LogP) is 3.98. The van der Waals surface area contributed by atoms with Gasteiger partial charge in [0.1, 0.15) is 13.2 Å². The Kier molecular flexibility index (Phi) is 4.05. The molecular weight excluding hydrogens is 356 g/mol. The SMILES string of the molecule is CC(=O)n1cc(C(=O)Nc2ccc3c(c2)OCCO3)c2cc(Cl)ccc21. The van der Waals surface area contributed by atoms with Crippen molar-refractivity contribution in [2.24, 2.45) is 0 Å². The van der Waals surface area contributed by atoms with Gasteiger partial charge in [-0.1, -0.05) is 11.6 Å². The van der Waals surface area contributed by atoms with E-state index in [1.807, 2.05) is 0 Å². The molecule has 0 aliphatic carbocycles. The highest BCUT2D eigenvalue weighted by Crippen LogP contribution is 2.33. The number of hydrogen-bond acceptors (Lipinski definition) is 4. The zero-order valence-electron chi connectivity index (χ0n) is 13.9. The van der Waals surface area contributed by atoms with E-state index in [1.165, 1.54) is 17.7 Å². The lowest BCUT2D eigenvalue weighted by molar-refractivity contribution is 0.0941. The van der Waals surface area contributed by atoms with Crippen molar-refractivity contribution >= 4 is 40.0 Å². The highest BCUT2D eigenvalue weighted by molar-refractivity contribution is 6.31. The number of carbonyl (C=O) groups is 2. The number of fused-ring (bicyclic) bond motifs is 2. The zero-order chi connectivity index (χ0) is 18.3. The number of hydrogen-bond donors (Lipinski definition) is 1. The minimum Gasteiger partial charge on any atom is -0.486 e. The van der Waals surface area contributed by atoms with E-state index in [4.69, 9.17) is 21.1 Å². The van der Waals surface area contributed by atoms with Crippen LogP contribution in [0, 0.1) is 0 Å². The molecule has 0 atom stereocenters. The van der Waals surface area contributed by atoms with E-state index in [1.54, 1.807) is 36.4 Å². The molecule has 3 aromatic rings. The lowest BCUT2D eigenvalue weighted by Gasteiger charge is -2.18. The number of rotatable bonds is 2. The summed E-state index contributed by atoms with van der Waals surface area (Å²) >= 11 is 6.07. The van der Waals surface area contributed by atoms with E-state index in [-0.39, 0.29) is 11.8 Å². The zero-order valence-corrected chi connectivity index (χ0v) is 14.7. The summed E-state index contributed by atoms with van der Waals surface area (Å²) in [5.74, 6) is 0.710. The Morgan fingerprint density at radius 3 is 2.62 bits per heavy atom. The topological polar surface area (TPSA) is 69.6 Å². The molecule has 4 rings (SSSR count). The lowest BCUT2D eigenvalue weighted by Crippen LogP contribution is -2.16. The summed E-state index contributed by atoms with van der Waals surface area (Å²) in [6, 6.07) is 10.3. The molecule has 0 unspecified atom stereocenters. The summed E-state index contributed by atoms with van der Waals surface area (Å²) in [5.41, 5.74) is 1.58. The monoisotopic (exact) mass is 370 g/mol. The van der Waals surface area contributed by atoms with Crippen molar-refractivity contribution in [2.75, 3.05) is 18.5 Å². The van der Waals surface area contributed by atoms with Crippen LogP contribution in [0.5, 0.6) is 11.5 Å². The summed E-state index contributed by atoms with van der Waals surface area (Å²) in [5, 5.41) is 3.94. The number of amides is 1. The Morgan fingerprint density at radius 2 is 1.85 bits per heavy atom. The summed E-state index contributed by atoms with van der Waals surface area (Å²) < 4.78 is 12.4. The second kappa shape index (κ2) is 6.38. The molecule has 1 aromatic heterocycles. The van der Waals surface area contributed by atoms with Gasteiger partial charge in [-0.3, -0.25) is 14.2 Å². The smallest absolute Gasteiger partial charge is 0.257 e. The van der Waals surface area contributed by atoms with Crippen LogP contribution in [0.4, 0.5) is 5.69 Å². The van der Waals surface area contributed by atoms with E-state index in [9.17, 15) is 9.59 Å². The highest BCUT2D eigenvalue weighted by Gasteiger charge is 2.18. The van der Waals surface area contributed by atoms with Crippen molar-refractivity contribution in [2.45, 2.75) is 6.92 Å². The van der Waals surface area contributed by atoms with Crippen molar-refractivity contribution in [3.63, 3.8) is 0 Å². The largest absolute Gasteiger partial charge is 0.486 e. The van der Waals surface area contributed by atoms with Gasteiger partial charge >= 0.3 is 0 Å². The second-order valence-corrected chi connectivity index (χ2v) is 6.34. The summed E-state index contributed by atoms with van der Waals surface area (Å²) in [4.78, 5) is 24.7. The fourth-order valence-corrected chi connectivity index (χ4v) is 3.14. The Hall–Kier alpha value is -2.99. The van der Waals surface area contributed by atoms with E-state index in [2.05, 4.69) is 5.32 Å². The number of carbonyl (C=O) groups excluding carboxylic acids is 2. The maximum Gasteiger partial charge on any atom is 0.257 e. The average Bonchev–Trinajstić information content (AvgIpc) is 3.00. The Balaban J connectivity index is 1.70. The molecule has 1 amide bonds. The number of aromatic nitrogens is 1. The standard InChI is InChI=1S/C19H15ClN2O4/c1-11(23)22-10-15(14-8-12(20)2-4-16(14)22)19(24)21-13-3-5-17-18(9-13)26-7-6-25-17/h2-5,8-10H,6-7H2,1H3,(H,21,24). The lowest BCUT2D eigenvalue weighted by atomic mass is 10.1. The van der Waals surface area contributed by atoms with Crippen molar-refractivity contribution in [3.05, 3.63) is 53.2 Å². The number of benzene rings is 2. The van der Waals surface area contributed by atoms with Crippen LogP contribution in [-0.4, -0.2) is 29.6 Å². The van der Waals surface area contributed by atoms with Crippen molar-refractivity contribution in [1.82, 2.24) is 4.57 Å². The molecule has 0 fully saturated rings. The molecule has 1 aliphatic rings. The minimum atomic E-state index is -0.339. The van der Waals surface area contributed by atoms with Crippen LogP contribution in [0.2, 0.25) is 5.02 Å². The van der Waals surface area contributed by atoms with E-state index < -0.39 is 0 Å². The molecule has 0 saturated carbocycles. The minimum absolute atomic E-state index is 0.185. The van der Waals surface area contributed by atoms with Gasteiger partial charge in [0.15, 0.2) is 11.5 Å². The average molecular weight is 371 g/mol. The second-order valence-electron chi connectivity index (χ2n) is 5.91. The van der Waals surface area contributed by atoms with Gasteiger partial charge in [-0.05, 0) is 30.3 Å². The van der Waals surface area contributed by atoms with Gasteiger partial charge < -0.3 is 14.8 Å². The molecule has 0 bridgehead atoms. The molecule has 0 saturated heterocycles. The van der Waals surface area contributed by atoms with Gasteiger partial charge in [0.2, 0.25) is 5.91 Å². The van der Waals surface area contributed by atoms with E-state index in [0.29, 0.717) is 51.9 Å². The van der Waals surface area contributed by atoms with Crippen LogP contribution in [0.25, 0.3) is 10.9 Å². The Bertz CT molecular complexity index is 1040. The van der Waals surface area contributed by atoms with Crippen LogP contribution >= 0.6 is 11.6 Å². The molecule has 2 heterocycles. The Labute approximate surface area is 154 Å². The van der Waals surface area contributed by atoms with Gasteiger partial charge in [0.25, 0.3) is 5.91 Å². The molecule has 6 nitrogen and oxygen atoms in total. The number of ether oxygens (including phenoxy) is 2. The van der Waals surface area contributed by atoms with Crippen LogP contribution in [-0.2, 0) is 0 Å². The summed E-state index contributed by atoms with van der Waals surface area (Å²) in [6.45, 7) is 2.41. The maximum absolute atomic E-state index is 12.8. The first-order valence-corrected chi connectivity index (χ1v) is 8.43. The fraction of sp³-hybridized carbons (Fsp3) is 0.158. The molecule has 1 N–H and O–H groups in total. The molecule has 0 radical (unpaired) electrons. The van der Waals surface area contributed by atoms with Crippen LogP contribution in [0.15, 0.2) is 42.6 Å². The first kappa shape index (κ1) is 16.5. The van der Waals surface area contributed by atoms with Gasteiger partial charge in [-0.15, -0.1) is 0 Å². The van der Waals surface area contributed by atoms with Crippen LogP contribution in [0.3, 0.4) is 0 Å². The maximum atomic E-state index is 12.8. The molecule has 1 aliphatic heterocycles. The predicted molar refractivity (Wildman–Crippen MR) is 98.6 cm³/mol. The third kappa shape index (κ3) is 2.88. The number of nitrogens with one attached hydrogen (secondary N) is 1. The molecule has 7 heteroatoms. The number of anilines is 1. The quantitative estimate of drug-likeness (QED) is 0.740. The van der Waals surface area contributed by atoms with E-state index >= 15 is 0 Å². The third-order valence-corrected chi connectivity index (χ3v) is 4.39. The van der Waals surface area contributed by atoms with Crippen molar-refractivity contribution in [1.29, 1.82) is 0 Å². The third-order valence-electron chi connectivity index (χ3n) is 4.15. The summed E-state index contributed by atoms with van der Waals surface area (Å²) in [6.07, 6.45) is 1.52. The molecular formula is C19H15ClN2O4. The Morgan fingerprint density at radius 1 is 1.08 bits per heavy atom. The van der Waals surface area contributed by atoms with Crippen molar-refractivity contribution < 1.29 is 19.1 Å². The normalized spacial score (nSPS) is 12.8. The molecule has 0 spiro atoms. The number of halogens is 1. The van der Waals surface area contributed by atoms with Crippen LogP contribution in [0.1, 0.15) is 22.1 Å². The molecule has 26 heavy (non-hydrogen) atoms. The first-order chi connectivity index (χ1) is 12.5. The van der Waals surface area contributed by atoms with Crippen LogP contribution < -0.4 is 14.8 Å². The number of nitrogens with zero attached hydrogens (tertiary/aromatic N) is 1. The fourth-order valence-electron chi connectivity index (χ4n) is 2.96. The van der Waals surface area contributed by atoms with Gasteiger partial charge in [0.05, 0.1) is 11.1 Å². The van der Waals surface area contributed by atoms with Crippen molar-refractivity contribution in [3.8, 4) is 11.5 Å². The molecule has 2 aromatic carbocycles. The van der Waals surface area contributed by atoms with Gasteiger partial charge in [-0.25, -0.2) is 0 Å². The highest BCUT2D eigenvalue weighted by atomic mass is 35.5.